The van der Waals surface area contributed by atoms with Gasteiger partial charge in [-0.15, -0.1) is 10.2 Å². The molecule has 128 valence electrons. The summed E-state index contributed by atoms with van der Waals surface area (Å²) in [6, 6.07) is 7.70. The Bertz CT molecular complexity index is 687. The van der Waals surface area contributed by atoms with E-state index in [-0.39, 0.29) is 12.0 Å². The van der Waals surface area contributed by atoms with Crippen LogP contribution in [0.2, 0.25) is 0 Å². The van der Waals surface area contributed by atoms with Crippen LogP contribution < -0.4 is 0 Å². The van der Waals surface area contributed by atoms with Gasteiger partial charge in [0, 0.05) is 23.6 Å². The highest BCUT2D eigenvalue weighted by molar-refractivity contribution is 7.99. The van der Waals surface area contributed by atoms with Gasteiger partial charge in [0.25, 0.3) is 0 Å². The van der Waals surface area contributed by atoms with Crippen LogP contribution in [0.3, 0.4) is 0 Å². The molecule has 0 radical (unpaired) electrons. The fourth-order valence-corrected chi connectivity index (χ4v) is 3.69. The first-order valence-electron chi connectivity index (χ1n) is 8.05. The van der Waals surface area contributed by atoms with Gasteiger partial charge in [-0.1, -0.05) is 17.7 Å². The third kappa shape index (κ3) is 3.96. The molecule has 1 fully saturated rings. The van der Waals surface area contributed by atoms with E-state index in [1.54, 1.807) is 11.8 Å². The Morgan fingerprint density at radius 2 is 2.17 bits per heavy atom. The van der Waals surface area contributed by atoms with Crippen LogP contribution in [0, 0.1) is 6.92 Å². The average Bonchev–Trinajstić information content (AvgIpc) is 3.05. The summed E-state index contributed by atoms with van der Waals surface area (Å²) in [4.78, 5) is 14.2. The van der Waals surface area contributed by atoms with Crippen LogP contribution >= 0.6 is 11.8 Å². The van der Waals surface area contributed by atoms with E-state index in [0.717, 1.165) is 23.6 Å². The van der Waals surface area contributed by atoms with Gasteiger partial charge in [-0.3, -0.25) is 9.69 Å². The Balaban J connectivity index is 1.70. The largest absolute Gasteiger partial charge is 0.465 e. The second kappa shape index (κ2) is 7.81. The van der Waals surface area contributed by atoms with Crippen LogP contribution in [0.4, 0.5) is 0 Å². The Morgan fingerprint density at radius 3 is 2.92 bits per heavy atom. The zero-order chi connectivity index (χ0) is 16.9. The lowest BCUT2D eigenvalue weighted by Gasteiger charge is -2.32. The smallest absolute Gasteiger partial charge is 0.324 e. The molecule has 24 heavy (non-hydrogen) atoms. The van der Waals surface area contributed by atoms with Gasteiger partial charge >= 0.3 is 5.97 Å². The van der Waals surface area contributed by atoms with Crippen molar-refractivity contribution in [2.24, 2.45) is 0 Å². The minimum absolute atomic E-state index is 0.178. The fourth-order valence-electron chi connectivity index (χ4n) is 2.59. The molecule has 0 spiro atoms. The Labute approximate surface area is 145 Å². The van der Waals surface area contributed by atoms with E-state index in [1.165, 1.54) is 5.56 Å². The first-order chi connectivity index (χ1) is 11.7. The number of benzene rings is 1. The molecule has 7 heteroatoms. The maximum atomic E-state index is 12.1. The molecule has 0 bridgehead atoms. The molecule has 1 aromatic heterocycles. The number of carbonyl (C=O) groups is 1. The van der Waals surface area contributed by atoms with Crippen molar-refractivity contribution in [1.29, 1.82) is 0 Å². The van der Waals surface area contributed by atoms with Crippen molar-refractivity contribution in [3.63, 3.8) is 0 Å². The molecule has 0 N–H and O–H groups in total. The molecule has 0 saturated carbocycles. The molecule has 1 aliphatic rings. The summed E-state index contributed by atoms with van der Waals surface area (Å²) < 4.78 is 11.0. The summed E-state index contributed by atoms with van der Waals surface area (Å²) in [5, 5.41) is 8.25. The lowest BCUT2D eigenvalue weighted by Crippen LogP contribution is -2.47. The summed E-state index contributed by atoms with van der Waals surface area (Å²) in [5.41, 5.74) is 2.08. The number of ether oxygens (including phenoxy) is 1. The van der Waals surface area contributed by atoms with Crippen molar-refractivity contribution >= 4 is 17.7 Å². The standard InChI is InChI=1S/C17H21N3O3S/c1-3-22-17(21)14-11-24-9-8-20(14)10-15-18-19-16(23-15)13-6-4-12(2)5-7-13/h4-7,14H,3,8-11H2,1-2H3/t14-/m0/s1. The summed E-state index contributed by atoms with van der Waals surface area (Å²) in [7, 11) is 0. The maximum Gasteiger partial charge on any atom is 0.324 e. The second-order valence-corrected chi connectivity index (χ2v) is 6.83. The quantitative estimate of drug-likeness (QED) is 0.770. The highest BCUT2D eigenvalue weighted by atomic mass is 32.2. The van der Waals surface area contributed by atoms with Crippen molar-refractivity contribution in [2.45, 2.75) is 26.4 Å². The van der Waals surface area contributed by atoms with Gasteiger partial charge < -0.3 is 9.15 Å². The molecule has 1 atom stereocenters. The zero-order valence-corrected chi connectivity index (χ0v) is 14.7. The van der Waals surface area contributed by atoms with Crippen LogP contribution in [0.15, 0.2) is 28.7 Å². The van der Waals surface area contributed by atoms with Gasteiger partial charge in [-0.05, 0) is 26.0 Å². The van der Waals surface area contributed by atoms with Crippen molar-refractivity contribution in [3.05, 3.63) is 35.7 Å². The molecular weight excluding hydrogens is 326 g/mol. The summed E-state index contributed by atoms with van der Waals surface area (Å²) in [6.45, 7) is 5.52. The number of nitrogens with zero attached hydrogens (tertiary/aromatic N) is 3. The van der Waals surface area contributed by atoms with Crippen LogP contribution in [-0.4, -0.2) is 51.8 Å². The number of esters is 1. The van der Waals surface area contributed by atoms with E-state index in [9.17, 15) is 4.79 Å². The Kier molecular flexibility index (Phi) is 5.52. The predicted molar refractivity (Wildman–Crippen MR) is 92.6 cm³/mol. The van der Waals surface area contributed by atoms with Crippen LogP contribution in [0.25, 0.3) is 11.5 Å². The predicted octanol–water partition coefficient (Wildman–Crippen LogP) is 2.53. The van der Waals surface area contributed by atoms with Gasteiger partial charge in [-0.2, -0.15) is 11.8 Å². The number of hydrogen-bond acceptors (Lipinski definition) is 7. The van der Waals surface area contributed by atoms with E-state index in [0.29, 0.717) is 24.9 Å². The number of carbonyl (C=O) groups excluding carboxylic acids is 1. The highest BCUT2D eigenvalue weighted by Crippen LogP contribution is 2.22. The van der Waals surface area contributed by atoms with Crippen LogP contribution in [0.5, 0.6) is 0 Å². The SMILES string of the molecule is CCOC(=O)[C@@H]1CSCCN1Cc1nnc(-c2ccc(C)cc2)o1. The van der Waals surface area contributed by atoms with E-state index < -0.39 is 0 Å². The highest BCUT2D eigenvalue weighted by Gasteiger charge is 2.31. The van der Waals surface area contributed by atoms with Gasteiger partial charge in [0.05, 0.1) is 13.2 Å². The normalized spacial score (nSPS) is 18.5. The zero-order valence-electron chi connectivity index (χ0n) is 13.9. The first kappa shape index (κ1) is 17.0. The summed E-state index contributed by atoms with van der Waals surface area (Å²) >= 11 is 1.77. The maximum absolute atomic E-state index is 12.1. The average molecular weight is 347 g/mol. The van der Waals surface area contributed by atoms with E-state index in [2.05, 4.69) is 15.1 Å². The molecule has 0 aliphatic carbocycles. The monoisotopic (exact) mass is 347 g/mol. The van der Waals surface area contributed by atoms with Gasteiger partial charge in [-0.25, -0.2) is 0 Å². The molecule has 6 nitrogen and oxygen atoms in total. The van der Waals surface area contributed by atoms with Crippen LogP contribution in [-0.2, 0) is 16.1 Å². The number of thioether (sulfide) groups is 1. The summed E-state index contributed by atoms with van der Waals surface area (Å²) in [5.74, 6) is 2.56. The molecule has 1 aromatic carbocycles. The molecule has 0 unspecified atom stereocenters. The van der Waals surface area contributed by atoms with Crippen molar-refractivity contribution < 1.29 is 13.9 Å². The molecular formula is C17H21N3O3S. The number of aromatic nitrogens is 2. The van der Waals surface area contributed by atoms with Gasteiger partial charge in [0.15, 0.2) is 0 Å². The van der Waals surface area contributed by atoms with E-state index >= 15 is 0 Å². The number of rotatable bonds is 5. The van der Waals surface area contributed by atoms with Gasteiger partial charge in [0.1, 0.15) is 6.04 Å². The third-order valence-corrected chi connectivity index (χ3v) is 4.92. The topological polar surface area (TPSA) is 68.5 Å². The van der Waals surface area contributed by atoms with Crippen LogP contribution in [0.1, 0.15) is 18.4 Å². The molecule has 1 saturated heterocycles. The molecule has 2 aromatic rings. The second-order valence-electron chi connectivity index (χ2n) is 5.68. The first-order valence-corrected chi connectivity index (χ1v) is 9.20. The summed E-state index contributed by atoms with van der Waals surface area (Å²) in [6.07, 6.45) is 0. The van der Waals surface area contributed by atoms with E-state index in [4.69, 9.17) is 9.15 Å². The Hall–Kier alpha value is -1.86. The lowest BCUT2D eigenvalue weighted by atomic mass is 10.1. The molecule has 1 aliphatic heterocycles. The minimum atomic E-state index is -0.251. The number of hydrogen-bond donors (Lipinski definition) is 0. The fraction of sp³-hybridized carbons (Fsp3) is 0.471. The van der Waals surface area contributed by atoms with E-state index in [1.807, 2.05) is 38.1 Å². The van der Waals surface area contributed by atoms with Crippen molar-refractivity contribution in [3.8, 4) is 11.5 Å². The van der Waals surface area contributed by atoms with Gasteiger partial charge in [0.2, 0.25) is 11.8 Å². The molecule has 0 amide bonds. The number of aryl methyl sites for hydroxylation is 1. The Morgan fingerprint density at radius 1 is 1.38 bits per heavy atom. The minimum Gasteiger partial charge on any atom is -0.465 e. The molecule has 3 rings (SSSR count). The third-order valence-electron chi connectivity index (χ3n) is 3.90. The lowest BCUT2D eigenvalue weighted by molar-refractivity contribution is -0.149. The molecule has 2 heterocycles. The van der Waals surface area contributed by atoms with Crippen molar-refractivity contribution in [1.82, 2.24) is 15.1 Å². The van der Waals surface area contributed by atoms with Crippen molar-refractivity contribution in [2.75, 3.05) is 24.7 Å².